The van der Waals surface area contributed by atoms with E-state index in [0.717, 1.165) is 17.7 Å². The topological polar surface area (TPSA) is 65.4 Å². The highest BCUT2D eigenvalue weighted by molar-refractivity contribution is 5.96. The van der Waals surface area contributed by atoms with E-state index in [1.807, 2.05) is 13.0 Å². The van der Waals surface area contributed by atoms with Gasteiger partial charge in [0.1, 0.15) is 11.5 Å². The normalized spacial score (nSPS) is 10.7. The molecule has 30 heavy (non-hydrogen) atoms. The molecule has 158 valence electrons. The van der Waals surface area contributed by atoms with Crippen molar-refractivity contribution in [2.75, 3.05) is 13.7 Å². The molecule has 0 aliphatic heterocycles. The number of amides is 1. The minimum atomic E-state index is -0.756. The van der Waals surface area contributed by atoms with Crippen LogP contribution in [0.15, 0.2) is 36.4 Å². The SMILES string of the molecule is CCOc1ccc(CNC(=O)c2c(C)nn(-c3ccc(F)cc3F)c2C)cc1OC. The molecular weight excluding hydrogens is 392 g/mol. The Morgan fingerprint density at radius 3 is 2.57 bits per heavy atom. The molecule has 1 aromatic heterocycles. The fourth-order valence-electron chi connectivity index (χ4n) is 3.23. The summed E-state index contributed by atoms with van der Waals surface area (Å²) in [5.74, 6) is -0.567. The minimum Gasteiger partial charge on any atom is -0.493 e. The smallest absolute Gasteiger partial charge is 0.255 e. The van der Waals surface area contributed by atoms with Gasteiger partial charge in [0, 0.05) is 12.6 Å². The molecule has 0 atom stereocenters. The third-order valence-electron chi connectivity index (χ3n) is 4.64. The van der Waals surface area contributed by atoms with Gasteiger partial charge in [-0.2, -0.15) is 5.10 Å². The van der Waals surface area contributed by atoms with Gasteiger partial charge in [-0.3, -0.25) is 4.79 Å². The summed E-state index contributed by atoms with van der Waals surface area (Å²) in [5.41, 5.74) is 2.15. The molecule has 0 saturated carbocycles. The maximum Gasteiger partial charge on any atom is 0.255 e. The molecule has 0 fully saturated rings. The van der Waals surface area contributed by atoms with Gasteiger partial charge in [0.15, 0.2) is 17.3 Å². The number of aromatic nitrogens is 2. The Balaban J connectivity index is 1.80. The Bertz CT molecular complexity index is 1080. The molecule has 0 aliphatic carbocycles. The van der Waals surface area contributed by atoms with Gasteiger partial charge in [0.2, 0.25) is 0 Å². The lowest BCUT2D eigenvalue weighted by Gasteiger charge is -2.12. The van der Waals surface area contributed by atoms with E-state index < -0.39 is 11.6 Å². The molecule has 6 nitrogen and oxygen atoms in total. The summed E-state index contributed by atoms with van der Waals surface area (Å²) >= 11 is 0. The third kappa shape index (κ3) is 4.27. The molecule has 8 heteroatoms. The number of hydrogen-bond donors (Lipinski definition) is 1. The lowest BCUT2D eigenvalue weighted by Crippen LogP contribution is -2.24. The van der Waals surface area contributed by atoms with Crippen LogP contribution in [0.2, 0.25) is 0 Å². The predicted molar refractivity (Wildman–Crippen MR) is 108 cm³/mol. The first-order chi connectivity index (χ1) is 14.3. The largest absolute Gasteiger partial charge is 0.493 e. The van der Waals surface area contributed by atoms with Crippen LogP contribution in [0.1, 0.15) is 34.2 Å². The van der Waals surface area contributed by atoms with Crippen LogP contribution in [0, 0.1) is 25.5 Å². The maximum absolute atomic E-state index is 14.2. The van der Waals surface area contributed by atoms with Crippen molar-refractivity contribution in [1.82, 2.24) is 15.1 Å². The third-order valence-corrected chi connectivity index (χ3v) is 4.64. The van der Waals surface area contributed by atoms with E-state index in [4.69, 9.17) is 9.47 Å². The van der Waals surface area contributed by atoms with Crippen molar-refractivity contribution in [1.29, 1.82) is 0 Å². The van der Waals surface area contributed by atoms with E-state index >= 15 is 0 Å². The number of nitrogens with zero attached hydrogens (tertiary/aromatic N) is 2. The lowest BCUT2D eigenvalue weighted by atomic mass is 10.1. The highest BCUT2D eigenvalue weighted by Gasteiger charge is 2.21. The number of hydrogen-bond acceptors (Lipinski definition) is 4. The second-order valence-corrected chi connectivity index (χ2v) is 6.65. The van der Waals surface area contributed by atoms with Gasteiger partial charge in [-0.15, -0.1) is 0 Å². The van der Waals surface area contributed by atoms with E-state index in [1.54, 1.807) is 33.1 Å². The number of nitrogens with one attached hydrogen (secondary N) is 1. The van der Waals surface area contributed by atoms with Crippen molar-refractivity contribution in [3.8, 4) is 17.2 Å². The Kier molecular flexibility index (Phi) is 6.34. The van der Waals surface area contributed by atoms with Crippen LogP contribution in [0.4, 0.5) is 8.78 Å². The van der Waals surface area contributed by atoms with Gasteiger partial charge in [-0.25, -0.2) is 13.5 Å². The second kappa shape index (κ2) is 8.94. The maximum atomic E-state index is 14.2. The summed E-state index contributed by atoms with van der Waals surface area (Å²) in [4.78, 5) is 12.8. The zero-order chi connectivity index (χ0) is 21.8. The van der Waals surface area contributed by atoms with E-state index in [2.05, 4.69) is 10.4 Å². The van der Waals surface area contributed by atoms with Crippen molar-refractivity contribution in [3.63, 3.8) is 0 Å². The number of carbonyl (C=O) groups is 1. The highest BCUT2D eigenvalue weighted by atomic mass is 19.1. The molecule has 0 spiro atoms. The first-order valence-electron chi connectivity index (χ1n) is 9.45. The lowest BCUT2D eigenvalue weighted by molar-refractivity contribution is 0.0949. The second-order valence-electron chi connectivity index (χ2n) is 6.65. The van der Waals surface area contributed by atoms with Gasteiger partial charge in [0.05, 0.1) is 30.7 Å². The van der Waals surface area contributed by atoms with Gasteiger partial charge in [-0.05, 0) is 50.6 Å². The number of rotatable bonds is 7. The van der Waals surface area contributed by atoms with Gasteiger partial charge in [0.25, 0.3) is 5.91 Å². The van der Waals surface area contributed by atoms with Crippen LogP contribution in [-0.2, 0) is 6.54 Å². The van der Waals surface area contributed by atoms with Crippen LogP contribution < -0.4 is 14.8 Å². The molecule has 0 unspecified atom stereocenters. The summed E-state index contributed by atoms with van der Waals surface area (Å²) in [5, 5.41) is 7.11. The Morgan fingerprint density at radius 2 is 1.90 bits per heavy atom. The summed E-state index contributed by atoms with van der Waals surface area (Å²) < 4.78 is 39.5. The van der Waals surface area contributed by atoms with Crippen LogP contribution in [-0.4, -0.2) is 29.4 Å². The van der Waals surface area contributed by atoms with Gasteiger partial charge >= 0.3 is 0 Å². The highest BCUT2D eigenvalue weighted by Crippen LogP contribution is 2.28. The van der Waals surface area contributed by atoms with Crippen molar-refractivity contribution < 1.29 is 23.0 Å². The fourth-order valence-corrected chi connectivity index (χ4v) is 3.23. The molecule has 3 rings (SSSR count). The van der Waals surface area contributed by atoms with E-state index in [-0.39, 0.29) is 18.1 Å². The van der Waals surface area contributed by atoms with Crippen molar-refractivity contribution >= 4 is 5.91 Å². The molecule has 0 saturated heterocycles. The van der Waals surface area contributed by atoms with E-state index in [9.17, 15) is 13.6 Å². The Morgan fingerprint density at radius 1 is 1.13 bits per heavy atom. The van der Waals surface area contributed by atoms with Crippen LogP contribution in [0.5, 0.6) is 11.5 Å². The van der Waals surface area contributed by atoms with Crippen LogP contribution in [0.25, 0.3) is 5.69 Å². The predicted octanol–water partition coefficient (Wildman–Crippen LogP) is 4.10. The van der Waals surface area contributed by atoms with Crippen molar-refractivity contribution in [2.45, 2.75) is 27.3 Å². The fraction of sp³-hybridized carbons (Fsp3) is 0.273. The van der Waals surface area contributed by atoms with Crippen molar-refractivity contribution in [2.24, 2.45) is 0 Å². The summed E-state index contributed by atoms with van der Waals surface area (Å²) in [7, 11) is 1.55. The summed E-state index contributed by atoms with van der Waals surface area (Å²) in [6.07, 6.45) is 0. The van der Waals surface area contributed by atoms with Gasteiger partial charge in [-0.1, -0.05) is 6.07 Å². The zero-order valence-electron chi connectivity index (χ0n) is 17.3. The number of halogens is 2. The van der Waals surface area contributed by atoms with Crippen molar-refractivity contribution in [3.05, 3.63) is 70.5 Å². The first kappa shape index (κ1) is 21.3. The van der Waals surface area contributed by atoms with E-state index in [1.165, 1.54) is 10.7 Å². The van der Waals surface area contributed by atoms with E-state index in [0.29, 0.717) is 35.1 Å². The molecule has 0 bridgehead atoms. The molecule has 1 heterocycles. The standard InChI is InChI=1S/C22H23F2N3O3/c1-5-30-19-9-6-15(10-20(19)29-4)12-25-22(28)21-13(2)26-27(14(21)3)18-8-7-16(23)11-17(18)24/h6-11H,5,12H2,1-4H3,(H,25,28). The molecule has 0 radical (unpaired) electrons. The minimum absolute atomic E-state index is 0.0762. The van der Waals surface area contributed by atoms with Crippen LogP contribution in [0.3, 0.4) is 0 Å². The molecule has 2 aromatic carbocycles. The molecule has 1 N–H and O–H groups in total. The number of aryl methyl sites for hydroxylation is 1. The summed E-state index contributed by atoms with van der Waals surface area (Å²) in [6, 6.07) is 8.64. The molecular formula is C22H23F2N3O3. The zero-order valence-corrected chi connectivity index (χ0v) is 17.3. The monoisotopic (exact) mass is 415 g/mol. The Labute approximate surface area is 173 Å². The first-order valence-corrected chi connectivity index (χ1v) is 9.45. The molecule has 0 aliphatic rings. The Hall–Kier alpha value is -3.42. The number of methoxy groups -OCH3 is 1. The van der Waals surface area contributed by atoms with Gasteiger partial charge < -0.3 is 14.8 Å². The number of carbonyl (C=O) groups excluding carboxylic acids is 1. The average Bonchev–Trinajstić information content (AvgIpc) is 3.01. The number of benzene rings is 2. The summed E-state index contributed by atoms with van der Waals surface area (Å²) in [6.45, 7) is 5.99. The molecule has 3 aromatic rings. The molecule has 1 amide bonds. The average molecular weight is 415 g/mol. The quantitative estimate of drug-likeness (QED) is 0.631. The van der Waals surface area contributed by atoms with Crippen LogP contribution >= 0.6 is 0 Å². The number of ether oxygens (including phenoxy) is 2.